The van der Waals surface area contributed by atoms with Crippen molar-refractivity contribution in [1.82, 2.24) is 5.43 Å². The summed E-state index contributed by atoms with van der Waals surface area (Å²) in [4.78, 5) is 12.1. The van der Waals surface area contributed by atoms with Crippen LogP contribution in [-0.2, 0) is 17.8 Å². The number of ether oxygens (including phenoxy) is 2. The molecule has 0 aromatic heterocycles. The Labute approximate surface area is 187 Å². The van der Waals surface area contributed by atoms with Crippen LogP contribution in [0.5, 0.6) is 11.5 Å². The molecule has 3 aromatic rings. The summed E-state index contributed by atoms with van der Waals surface area (Å²) in [5.41, 5.74) is 7.68. The van der Waals surface area contributed by atoms with E-state index in [2.05, 4.69) is 10.5 Å². The van der Waals surface area contributed by atoms with E-state index in [-0.39, 0.29) is 12.3 Å². The van der Waals surface area contributed by atoms with Gasteiger partial charge in [-0.2, -0.15) is 5.10 Å². The third-order valence-electron chi connectivity index (χ3n) is 4.83. The molecule has 0 spiro atoms. The number of methoxy groups -OCH3 is 1. The molecular weight excluding hydrogens is 412 g/mol. The van der Waals surface area contributed by atoms with Crippen molar-refractivity contribution in [3.63, 3.8) is 0 Å². The van der Waals surface area contributed by atoms with Crippen LogP contribution in [0.15, 0.2) is 65.8 Å². The third kappa shape index (κ3) is 6.59. The maximum atomic E-state index is 12.1. The van der Waals surface area contributed by atoms with Crippen molar-refractivity contribution in [3.05, 3.63) is 93.5 Å². The second-order valence-electron chi connectivity index (χ2n) is 7.21. The van der Waals surface area contributed by atoms with Crippen molar-refractivity contribution in [1.29, 1.82) is 0 Å². The molecule has 0 radical (unpaired) electrons. The first kappa shape index (κ1) is 22.4. The van der Waals surface area contributed by atoms with Gasteiger partial charge < -0.3 is 9.47 Å². The molecule has 0 bridgehead atoms. The number of hydrogen-bond acceptors (Lipinski definition) is 4. The quantitative estimate of drug-likeness (QED) is 0.388. The number of nitrogens with zero attached hydrogens (tertiary/aromatic N) is 1. The van der Waals surface area contributed by atoms with Crippen molar-refractivity contribution in [2.24, 2.45) is 5.10 Å². The van der Waals surface area contributed by atoms with Gasteiger partial charge >= 0.3 is 0 Å². The minimum Gasteiger partial charge on any atom is -0.493 e. The normalized spacial score (nSPS) is 10.8. The van der Waals surface area contributed by atoms with E-state index in [0.29, 0.717) is 23.1 Å². The number of hydrazone groups is 1. The molecule has 0 aliphatic carbocycles. The summed E-state index contributed by atoms with van der Waals surface area (Å²) < 4.78 is 11.3. The number of hydrogen-bond donors (Lipinski definition) is 1. The van der Waals surface area contributed by atoms with Crippen LogP contribution in [0, 0.1) is 13.8 Å². The average molecular weight is 437 g/mol. The lowest BCUT2D eigenvalue weighted by Gasteiger charge is -2.11. The number of nitrogens with one attached hydrogen (secondary N) is 1. The fourth-order valence-corrected chi connectivity index (χ4v) is 3.07. The van der Waals surface area contributed by atoms with Gasteiger partial charge in [0.1, 0.15) is 6.61 Å². The van der Waals surface area contributed by atoms with Crippen molar-refractivity contribution in [3.8, 4) is 11.5 Å². The molecule has 5 nitrogen and oxygen atoms in total. The van der Waals surface area contributed by atoms with E-state index in [4.69, 9.17) is 21.1 Å². The Kier molecular flexibility index (Phi) is 7.68. The molecular formula is C25H25ClN2O3. The van der Waals surface area contributed by atoms with Gasteiger partial charge in [0, 0.05) is 5.02 Å². The molecule has 0 heterocycles. The van der Waals surface area contributed by atoms with Crippen LogP contribution in [0.1, 0.15) is 27.8 Å². The van der Waals surface area contributed by atoms with E-state index < -0.39 is 0 Å². The van der Waals surface area contributed by atoms with Gasteiger partial charge in [0.2, 0.25) is 5.91 Å². The maximum Gasteiger partial charge on any atom is 0.244 e. The molecule has 31 heavy (non-hydrogen) atoms. The van der Waals surface area contributed by atoms with E-state index in [0.717, 1.165) is 16.7 Å². The number of amides is 1. The molecule has 0 fully saturated rings. The smallest absolute Gasteiger partial charge is 0.244 e. The van der Waals surface area contributed by atoms with E-state index in [9.17, 15) is 4.79 Å². The Balaban J connectivity index is 1.57. The Morgan fingerprint density at radius 2 is 1.71 bits per heavy atom. The lowest BCUT2D eigenvalue weighted by Crippen LogP contribution is -2.19. The maximum absolute atomic E-state index is 12.1. The zero-order chi connectivity index (χ0) is 22.2. The lowest BCUT2D eigenvalue weighted by molar-refractivity contribution is -0.120. The zero-order valence-corrected chi connectivity index (χ0v) is 18.6. The summed E-state index contributed by atoms with van der Waals surface area (Å²) in [6.07, 6.45) is 1.85. The number of benzene rings is 3. The highest BCUT2D eigenvalue weighted by molar-refractivity contribution is 6.30. The first-order valence-corrected chi connectivity index (χ1v) is 10.3. The average Bonchev–Trinajstić information content (AvgIpc) is 2.76. The summed E-state index contributed by atoms with van der Waals surface area (Å²) >= 11 is 5.91. The molecule has 6 heteroatoms. The van der Waals surface area contributed by atoms with Crippen LogP contribution in [0.4, 0.5) is 0 Å². The second kappa shape index (κ2) is 10.6. The fraction of sp³-hybridized carbons (Fsp3) is 0.200. The molecule has 0 unspecified atom stereocenters. The number of halogens is 1. The lowest BCUT2D eigenvalue weighted by atomic mass is 10.0. The number of rotatable bonds is 8. The van der Waals surface area contributed by atoms with Gasteiger partial charge in [-0.05, 0) is 72.0 Å². The molecule has 0 aliphatic rings. The first-order valence-electron chi connectivity index (χ1n) is 9.88. The number of carbonyl (C=O) groups excluding carboxylic acids is 1. The fourth-order valence-electron chi connectivity index (χ4n) is 2.94. The minimum atomic E-state index is -0.172. The van der Waals surface area contributed by atoms with Crippen LogP contribution in [0.25, 0.3) is 0 Å². The van der Waals surface area contributed by atoms with Crippen molar-refractivity contribution >= 4 is 23.7 Å². The molecule has 1 amide bonds. The predicted octanol–water partition coefficient (Wildman–Crippen LogP) is 5.24. The molecule has 3 rings (SSSR count). The molecule has 0 atom stereocenters. The van der Waals surface area contributed by atoms with Crippen molar-refractivity contribution in [2.45, 2.75) is 26.9 Å². The molecule has 0 aliphatic heterocycles. The van der Waals surface area contributed by atoms with Gasteiger partial charge in [-0.3, -0.25) is 4.79 Å². The zero-order valence-electron chi connectivity index (χ0n) is 17.8. The Bertz CT molecular complexity index is 1080. The van der Waals surface area contributed by atoms with E-state index in [1.54, 1.807) is 19.4 Å². The van der Waals surface area contributed by atoms with Crippen LogP contribution in [0.3, 0.4) is 0 Å². The highest BCUT2D eigenvalue weighted by Gasteiger charge is 2.07. The van der Waals surface area contributed by atoms with E-state index in [1.165, 1.54) is 11.1 Å². The van der Waals surface area contributed by atoms with Gasteiger partial charge in [-0.15, -0.1) is 0 Å². The SMILES string of the molecule is COc1cc(/C=N\NC(=O)Cc2ccc(C)c(C)c2)ccc1OCc1ccc(Cl)cc1. The van der Waals surface area contributed by atoms with E-state index >= 15 is 0 Å². The number of carbonyl (C=O) groups is 1. The summed E-state index contributed by atoms with van der Waals surface area (Å²) in [6.45, 7) is 4.48. The monoisotopic (exact) mass is 436 g/mol. The minimum absolute atomic E-state index is 0.172. The van der Waals surface area contributed by atoms with Crippen LogP contribution in [-0.4, -0.2) is 19.2 Å². The van der Waals surface area contributed by atoms with Crippen LogP contribution >= 0.6 is 11.6 Å². The Hall–Kier alpha value is -3.31. The number of aryl methyl sites for hydroxylation is 2. The molecule has 0 saturated carbocycles. The highest BCUT2D eigenvalue weighted by atomic mass is 35.5. The van der Waals surface area contributed by atoms with Gasteiger partial charge in [0.15, 0.2) is 11.5 Å². The van der Waals surface area contributed by atoms with Gasteiger partial charge in [-0.1, -0.05) is 41.9 Å². The van der Waals surface area contributed by atoms with Gasteiger partial charge in [0.25, 0.3) is 0 Å². The first-order chi connectivity index (χ1) is 14.9. The van der Waals surface area contributed by atoms with E-state index in [1.807, 2.05) is 68.4 Å². The molecule has 0 saturated heterocycles. The molecule has 3 aromatic carbocycles. The highest BCUT2D eigenvalue weighted by Crippen LogP contribution is 2.28. The predicted molar refractivity (Wildman–Crippen MR) is 124 cm³/mol. The third-order valence-corrected chi connectivity index (χ3v) is 5.09. The van der Waals surface area contributed by atoms with Crippen LogP contribution in [0.2, 0.25) is 5.02 Å². The van der Waals surface area contributed by atoms with Gasteiger partial charge in [-0.25, -0.2) is 5.43 Å². The van der Waals surface area contributed by atoms with Crippen LogP contribution < -0.4 is 14.9 Å². The standard InChI is InChI=1S/C25H25ClN2O3/c1-17-4-5-20(12-18(17)2)14-25(29)28-27-15-21-8-11-23(24(13-21)30-3)31-16-19-6-9-22(26)10-7-19/h4-13,15H,14,16H2,1-3H3,(H,28,29)/b27-15-. The summed E-state index contributed by atoms with van der Waals surface area (Å²) in [5.74, 6) is 1.03. The Morgan fingerprint density at radius 3 is 2.42 bits per heavy atom. The molecule has 1 N–H and O–H groups in total. The van der Waals surface area contributed by atoms with Crippen molar-refractivity contribution in [2.75, 3.05) is 7.11 Å². The topological polar surface area (TPSA) is 59.9 Å². The molecule has 160 valence electrons. The summed E-state index contributed by atoms with van der Waals surface area (Å²) in [7, 11) is 1.58. The Morgan fingerprint density at radius 1 is 0.968 bits per heavy atom. The second-order valence-corrected chi connectivity index (χ2v) is 7.65. The summed E-state index contributed by atoms with van der Waals surface area (Å²) in [6, 6.07) is 18.9. The van der Waals surface area contributed by atoms with Gasteiger partial charge in [0.05, 0.1) is 19.7 Å². The summed E-state index contributed by atoms with van der Waals surface area (Å²) in [5, 5.41) is 4.74. The largest absolute Gasteiger partial charge is 0.493 e. The van der Waals surface area contributed by atoms with Crippen molar-refractivity contribution < 1.29 is 14.3 Å².